The van der Waals surface area contributed by atoms with E-state index in [9.17, 15) is 4.79 Å². The standard InChI is InChI=1S/C13H22OS/c1-10-4-2-6-12(8-10)15-13-7-3-5-11(14)9-13/h10,12-13H,2-9H2,1H3. The number of hydrogen-bond donors (Lipinski definition) is 0. The van der Waals surface area contributed by atoms with Crippen molar-refractivity contribution in [3.8, 4) is 0 Å². The van der Waals surface area contributed by atoms with Crippen LogP contribution in [0.5, 0.6) is 0 Å². The molecule has 2 fully saturated rings. The van der Waals surface area contributed by atoms with Crippen molar-refractivity contribution in [3.63, 3.8) is 0 Å². The highest BCUT2D eigenvalue weighted by Gasteiger charge is 2.26. The van der Waals surface area contributed by atoms with Gasteiger partial charge >= 0.3 is 0 Å². The first-order valence-electron chi connectivity index (χ1n) is 6.41. The summed E-state index contributed by atoms with van der Waals surface area (Å²) >= 11 is 2.13. The van der Waals surface area contributed by atoms with Crippen molar-refractivity contribution in [2.75, 3.05) is 0 Å². The largest absolute Gasteiger partial charge is 0.300 e. The second-order valence-corrected chi connectivity index (χ2v) is 6.89. The number of carbonyl (C=O) groups excluding carboxylic acids is 1. The van der Waals surface area contributed by atoms with Gasteiger partial charge in [-0.3, -0.25) is 4.79 Å². The first-order valence-corrected chi connectivity index (χ1v) is 7.35. The molecule has 0 aliphatic heterocycles. The predicted octanol–water partition coefficient (Wildman–Crippen LogP) is 3.81. The molecule has 0 N–H and O–H groups in total. The zero-order valence-corrected chi connectivity index (χ0v) is 10.5. The summed E-state index contributed by atoms with van der Waals surface area (Å²) in [5.41, 5.74) is 0. The molecule has 0 amide bonds. The van der Waals surface area contributed by atoms with E-state index in [-0.39, 0.29) is 0 Å². The molecule has 0 radical (unpaired) electrons. The van der Waals surface area contributed by atoms with Crippen LogP contribution in [0.1, 0.15) is 58.3 Å². The molecular formula is C13H22OS. The highest BCUT2D eigenvalue weighted by Crippen LogP contribution is 2.37. The van der Waals surface area contributed by atoms with E-state index < -0.39 is 0 Å². The lowest BCUT2D eigenvalue weighted by atomic mass is 9.90. The Hall–Kier alpha value is 0.0200. The Morgan fingerprint density at radius 1 is 1.13 bits per heavy atom. The van der Waals surface area contributed by atoms with Crippen LogP contribution in [-0.2, 0) is 4.79 Å². The van der Waals surface area contributed by atoms with Crippen LogP contribution in [0.15, 0.2) is 0 Å². The van der Waals surface area contributed by atoms with Gasteiger partial charge in [-0.15, -0.1) is 0 Å². The quantitative estimate of drug-likeness (QED) is 0.712. The molecule has 86 valence electrons. The zero-order chi connectivity index (χ0) is 10.7. The van der Waals surface area contributed by atoms with Crippen molar-refractivity contribution in [3.05, 3.63) is 0 Å². The summed E-state index contributed by atoms with van der Waals surface area (Å²) in [7, 11) is 0. The second-order valence-electron chi connectivity index (χ2n) is 5.29. The summed E-state index contributed by atoms with van der Waals surface area (Å²) < 4.78 is 0. The van der Waals surface area contributed by atoms with Crippen LogP contribution in [-0.4, -0.2) is 16.3 Å². The number of Topliss-reactive ketones (excluding diaryl/α,β-unsaturated/α-hetero) is 1. The van der Waals surface area contributed by atoms with Crippen LogP contribution in [0.3, 0.4) is 0 Å². The Morgan fingerprint density at radius 2 is 1.93 bits per heavy atom. The molecule has 2 aliphatic rings. The lowest BCUT2D eigenvalue weighted by Gasteiger charge is -2.30. The molecule has 0 spiro atoms. The molecule has 2 heteroatoms. The van der Waals surface area contributed by atoms with Crippen LogP contribution in [0.4, 0.5) is 0 Å². The third-order valence-corrected chi connectivity index (χ3v) is 5.31. The molecule has 2 saturated carbocycles. The first-order chi connectivity index (χ1) is 7.24. The van der Waals surface area contributed by atoms with Gasteiger partial charge in [-0.2, -0.15) is 11.8 Å². The lowest BCUT2D eigenvalue weighted by Crippen LogP contribution is -2.23. The third kappa shape index (κ3) is 3.51. The Bertz CT molecular complexity index is 227. The topological polar surface area (TPSA) is 17.1 Å². The van der Waals surface area contributed by atoms with Crippen molar-refractivity contribution in [2.24, 2.45) is 5.92 Å². The number of hydrogen-bond acceptors (Lipinski definition) is 2. The predicted molar refractivity (Wildman–Crippen MR) is 66.3 cm³/mol. The summed E-state index contributed by atoms with van der Waals surface area (Å²) in [5, 5.41) is 1.51. The molecule has 15 heavy (non-hydrogen) atoms. The van der Waals surface area contributed by atoms with E-state index in [1.54, 1.807) is 0 Å². The van der Waals surface area contributed by atoms with Crippen LogP contribution in [0.25, 0.3) is 0 Å². The molecule has 0 aromatic heterocycles. The van der Waals surface area contributed by atoms with Gasteiger partial charge in [0.1, 0.15) is 5.78 Å². The molecule has 0 aromatic carbocycles. The van der Waals surface area contributed by atoms with Gasteiger partial charge in [0, 0.05) is 23.3 Å². The van der Waals surface area contributed by atoms with Crippen LogP contribution in [0, 0.1) is 5.92 Å². The molecule has 1 nitrogen and oxygen atoms in total. The fourth-order valence-corrected chi connectivity index (χ4v) is 4.75. The Kier molecular flexibility index (Phi) is 4.13. The summed E-state index contributed by atoms with van der Waals surface area (Å²) in [6.07, 6.45) is 9.71. The van der Waals surface area contributed by atoms with Gasteiger partial charge in [-0.25, -0.2) is 0 Å². The maximum atomic E-state index is 11.4. The lowest BCUT2D eigenvalue weighted by molar-refractivity contribution is -0.120. The van der Waals surface area contributed by atoms with Crippen LogP contribution >= 0.6 is 11.8 Å². The Morgan fingerprint density at radius 3 is 2.67 bits per heavy atom. The van der Waals surface area contributed by atoms with E-state index in [2.05, 4.69) is 18.7 Å². The Balaban J connectivity index is 1.77. The second kappa shape index (κ2) is 5.38. The van der Waals surface area contributed by atoms with E-state index in [0.29, 0.717) is 11.0 Å². The van der Waals surface area contributed by atoms with Crippen molar-refractivity contribution >= 4 is 17.5 Å². The third-order valence-electron chi connectivity index (χ3n) is 3.71. The number of thioether (sulfide) groups is 1. The number of rotatable bonds is 2. The normalized spacial score (nSPS) is 37.9. The maximum absolute atomic E-state index is 11.4. The van der Waals surface area contributed by atoms with E-state index in [1.807, 2.05) is 0 Å². The number of ketones is 1. The van der Waals surface area contributed by atoms with E-state index in [4.69, 9.17) is 0 Å². The molecular weight excluding hydrogens is 204 g/mol. The average Bonchev–Trinajstić information content (AvgIpc) is 2.17. The van der Waals surface area contributed by atoms with Gasteiger partial charge < -0.3 is 0 Å². The highest BCUT2D eigenvalue weighted by molar-refractivity contribution is 8.00. The first kappa shape index (κ1) is 11.5. The fraction of sp³-hybridized carbons (Fsp3) is 0.923. The number of carbonyl (C=O) groups is 1. The molecule has 2 rings (SSSR count). The van der Waals surface area contributed by atoms with Crippen molar-refractivity contribution < 1.29 is 4.79 Å². The van der Waals surface area contributed by atoms with E-state index in [0.717, 1.165) is 30.4 Å². The van der Waals surface area contributed by atoms with Gasteiger partial charge in [0.25, 0.3) is 0 Å². The molecule has 0 heterocycles. The van der Waals surface area contributed by atoms with Gasteiger partial charge in [0.05, 0.1) is 0 Å². The Labute approximate surface area is 97.4 Å². The summed E-state index contributed by atoms with van der Waals surface area (Å²) in [6.45, 7) is 2.37. The minimum Gasteiger partial charge on any atom is -0.300 e. The zero-order valence-electron chi connectivity index (χ0n) is 9.71. The molecule has 3 atom stereocenters. The van der Waals surface area contributed by atoms with Crippen molar-refractivity contribution in [2.45, 2.75) is 68.8 Å². The molecule has 0 bridgehead atoms. The van der Waals surface area contributed by atoms with Crippen LogP contribution < -0.4 is 0 Å². The summed E-state index contributed by atoms with van der Waals surface area (Å²) in [4.78, 5) is 11.4. The SMILES string of the molecule is CC1CCCC(SC2CCCC(=O)C2)C1. The summed E-state index contributed by atoms with van der Waals surface area (Å²) in [5.74, 6) is 1.41. The van der Waals surface area contributed by atoms with Crippen molar-refractivity contribution in [1.29, 1.82) is 0 Å². The van der Waals surface area contributed by atoms with E-state index >= 15 is 0 Å². The minimum atomic E-state index is 0.502. The van der Waals surface area contributed by atoms with E-state index in [1.165, 1.54) is 32.1 Å². The smallest absolute Gasteiger partial charge is 0.134 e. The average molecular weight is 226 g/mol. The highest BCUT2D eigenvalue weighted by atomic mass is 32.2. The van der Waals surface area contributed by atoms with Gasteiger partial charge in [0.15, 0.2) is 0 Å². The van der Waals surface area contributed by atoms with Gasteiger partial charge in [-0.05, 0) is 31.6 Å². The molecule has 0 saturated heterocycles. The van der Waals surface area contributed by atoms with Crippen molar-refractivity contribution in [1.82, 2.24) is 0 Å². The maximum Gasteiger partial charge on any atom is 0.134 e. The fourth-order valence-electron chi connectivity index (χ4n) is 2.88. The molecule has 0 aromatic rings. The monoisotopic (exact) mass is 226 g/mol. The summed E-state index contributed by atoms with van der Waals surface area (Å²) in [6, 6.07) is 0. The molecule has 2 aliphatic carbocycles. The minimum absolute atomic E-state index is 0.502. The van der Waals surface area contributed by atoms with Gasteiger partial charge in [-0.1, -0.05) is 19.8 Å². The van der Waals surface area contributed by atoms with Crippen LogP contribution in [0.2, 0.25) is 0 Å². The van der Waals surface area contributed by atoms with Gasteiger partial charge in [0.2, 0.25) is 0 Å². The molecule has 3 unspecified atom stereocenters.